The van der Waals surface area contributed by atoms with E-state index in [2.05, 4.69) is 19.9 Å². The molecular weight excluding hydrogens is 362 g/mol. The van der Waals surface area contributed by atoms with E-state index in [0.717, 1.165) is 43.9 Å². The number of carbonyl (C=O) groups is 1. The van der Waals surface area contributed by atoms with Crippen LogP contribution in [0.2, 0.25) is 0 Å². The third kappa shape index (κ3) is 4.38. The largest absolute Gasteiger partial charge is 0.341 e. The SMILES string of the molecule is CN[C@@H](C(=O)N1CCC(c2nccn2Cc2ccncc2)CC1)c1ccccc1. The minimum absolute atomic E-state index is 0.150. The van der Waals surface area contributed by atoms with E-state index >= 15 is 0 Å². The Hall–Kier alpha value is -2.99. The fraction of sp³-hybridized carbons (Fsp3) is 0.348. The maximum absolute atomic E-state index is 13.1. The molecule has 1 aliphatic rings. The van der Waals surface area contributed by atoms with Crippen molar-refractivity contribution < 1.29 is 4.79 Å². The molecular formula is C23H27N5O. The molecule has 6 heteroatoms. The van der Waals surface area contributed by atoms with E-state index in [-0.39, 0.29) is 11.9 Å². The van der Waals surface area contributed by atoms with Gasteiger partial charge in [-0.3, -0.25) is 9.78 Å². The van der Waals surface area contributed by atoms with Crippen LogP contribution in [0.15, 0.2) is 67.3 Å². The second kappa shape index (κ2) is 9.01. The first-order valence-corrected chi connectivity index (χ1v) is 10.2. The summed E-state index contributed by atoms with van der Waals surface area (Å²) in [6, 6.07) is 13.7. The van der Waals surface area contributed by atoms with Crippen LogP contribution in [0.1, 0.15) is 41.8 Å². The predicted molar refractivity (Wildman–Crippen MR) is 112 cm³/mol. The lowest BCUT2D eigenvalue weighted by Gasteiger charge is -2.34. The smallest absolute Gasteiger partial charge is 0.244 e. The summed E-state index contributed by atoms with van der Waals surface area (Å²) in [5.41, 5.74) is 2.22. The number of likely N-dealkylation sites (tertiary alicyclic amines) is 1. The van der Waals surface area contributed by atoms with E-state index in [9.17, 15) is 4.79 Å². The van der Waals surface area contributed by atoms with Crippen molar-refractivity contribution in [1.82, 2.24) is 24.8 Å². The number of benzene rings is 1. The van der Waals surface area contributed by atoms with Gasteiger partial charge in [-0.15, -0.1) is 0 Å². The Kier molecular flexibility index (Phi) is 6.00. The van der Waals surface area contributed by atoms with Crippen molar-refractivity contribution in [3.8, 4) is 0 Å². The number of hydrogen-bond acceptors (Lipinski definition) is 4. The van der Waals surface area contributed by atoms with Gasteiger partial charge in [0.15, 0.2) is 0 Å². The Morgan fingerprint density at radius 3 is 2.52 bits per heavy atom. The van der Waals surface area contributed by atoms with Crippen molar-refractivity contribution in [2.24, 2.45) is 0 Å². The Balaban J connectivity index is 1.40. The summed E-state index contributed by atoms with van der Waals surface area (Å²) in [5.74, 6) is 1.64. The van der Waals surface area contributed by atoms with E-state index < -0.39 is 0 Å². The molecule has 1 aromatic carbocycles. The van der Waals surface area contributed by atoms with Gasteiger partial charge in [-0.25, -0.2) is 4.98 Å². The van der Waals surface area contributed by atoms with E-state index in [1.54, 1.807) is 0 Å². The molecule has 1 aliphatic heterocycles. The molecule has 1 atom stereocenters. The van der Waals surface area contributed by atoms with Crippen molar-refractivity contribution in [3.63, 3.8) is 0 Å². The summed E-state index contributed by atoms with van der Waals surface area (Å²) in [4.78, 5) is 23.8. The highest BCUT2D eigenvalue weighted by Gasteiger charge is 2.30. The molecule has 0 unspecified atom stereocenters. The molecule has 0 spiro atoms. The molecule has 29 heavy (non-hydrogen) atoms. The molecule has 1 amide bonds. The molecule has 0 saturated carbocycles. The summed E-state index contributed by atoms with van der Waals surface area (Å²) in [6.07, 6.45) is 9.43. The zero-order valence-electron chi connectivity index (χ0n) is 16.7. The van der Waals surface area contributed by atoms with Crippen LogP contribution >= 0.6 is 0 Å². The topological polar surface area (TPSA) is 63.1 Å². The van der Waals surface area contributed by atoms with Crippen molar-refractivity contribution in [2.75, 3.05) is 20.1 Å². The Morgan fingerprint density at radius 1 is 1.10 bits per heavy atom. The molecule has 0 aliphatic carbocycles. The normalized spacial score (nSPS) is 16.0. The quantitative estimate of drug-likeness (QED) is 0.704. The minimum Gasteiger partial charge on any atom is -0.341 e. The van der Waals surface area contributed by atoms with Crippen LogP contribution in [-0.4, -0.2) is 45.5 Å². The number of imidazole rings is 1. The molecule has 4 rings (SSSR count). The maximum Gasteiger partial charge on any atom is 0.244 e. The van der Waals surface area contributed by atoms with Crippen molar-refractivity contribution in [3.05, 3.63) is 84.2 Å². The molecule has 1 N–H and O–H groups in total. The fourth-order valence-electron chi connectivity index (χ4n) is 4.12. The first-order chi connectivity index (χ1) is 14.3. The van der Waals surface area contributed by atoms with Crippen LogP contribution in [0.4, 0.5) is 0 Å². The van der Waals surface area contributed by atoms with Crippen LogP contribution in [0, 0.1) is 0 Å². The highest BCUT2D eigenvalue weighted by atomic mass is 16.2. The molecule has 1 fully saturated rings. The van der Waals surface area contributed by atoms with Gasteiger partial charge in [0.25, 0.3) is 0 Å². The van der Waals surface area contributed by atoms with Crippen LogP contribution in [0.3, 0.4) is 0 Å². The summed E-state index contributed by atoms with van der Waals surface area (Å²) >= 11 is 0. The molecule has 3 aromatic rings. The number of likely N-dealkylation sites (N-methyl/N-ethyl adjacent to an activating group) is 1. The zero-order valence-corrected chi connectivity index (χ0v) is 16.7. The van der Waals surface area contributed by atoms with Crippen LogP contribution in [0.25, 0.3) is 0 Å². The van der Waals surface area contributed by atoms with E-state index in [1.165, 1.54) is 5.56 Å². The molecule has 1 saturated heterocycles. The summed E-state index contributed by atoms with van der Waals surface area (Å²) < 4.78 is 2.22. The van der Waals surface area contributed by atoms with Gasteiger partial charge in [-0.2, -0.15) is 0 Å². The molecule has 2 aromatic heterocycles. The van der Waals surface area contributed by atoms with Crippen LogP contribution < -0.4 is 5.32 Å². The Labute approximate surface area is 171 Å². The molecule has 0 radical (unpaired) electrons. The zero-order chi connectivity index (χ0) is 20.1. The standard InChI is InChI=1S/C23H27N5O/c1-24-21(19-5-3-2-4-6-19)23(29)27-14-9-20(10-15-27)22-26-13-16-28(22)17-18-7-11-25-12-8-18/h2-8,11-13,16,20-21,24H,9-10,14-15,17H2,1H3/t21-/m1/s1. The summed E-state index contributed by atoms with van der Waals surface area (Å²) in [6.45, 7) is 2.32. The van der Waals surface area contributed by atoms with Crippen LogP contribution in [0.5, 0.6) is 0 Å². The summed E-state index contributed by atoms with van der Waals surface area (Å²) in [5, 5.41) is 3.18. The van der Waals surface area contributed by atoms with E-state index in [4.69, 9.17) is 0 Å². The third-order valence-corrected chi connectivity index (χ3v) is 5.69. The van der Waals surface area contributed by atoms with Crippen molar-refractivity contribution in [1.29, 1.82) is 0 Å². The predicted octanol–water partition coefficient (Wildman–Crippen LogP) is 2.99. The van der Waals surface area contributed by atoms with Gasteiger partial charge < -0.3 is 14.8 Å². The highest BCUT2D eigenvalue weighted by molar-refractivity contribution is 5.83. The molecule has 0 bridgehead atoms. The van der Waals surface area contributed by atoms with Gasteiger partial charge >= 0.3 is 0 Å². The number of hydrogen-bond donors (Lipinski definition) is 1. The molecule has 6 nitrogen and oxygen atoms in total. The number of pyridine rings is 1. The number of nitrogens with zero attached hydrogens (tertiary/aromatic N) is 4. The number of amides is 1. The first-order valence-electron chi connectivity index (χ1n) is 10.2. The number of carbonyl (C=O) groups excluding carboxylic acids is 1. The van der Waals surface area contributed by atoms with Gasteiger partial charge in [0.05, 0.1) is 0 Å². The monoisotopic (exact) mass is 389 g/mol. The average Bonchev–Trinajstić information content (AvgIpc) is 3.24. The second-order valence-electron chi connectivity index (χ2n) is 7.50. The number of rotatable bonds is 6. The first kappa shape index (κ1) is 19.3. The second-order valence-corrected chi connectivity index (χ2v) is 7.50. The van der Waals surface area contributed by atoms with Gasteiger partial charge in [0.2, 0.25) is 5.91 Å². The van der Waals surface area contributed by atoms with Gasteiger partial charge in [-0.1, -0.05) is 30.3 Å². The van der Waals surface area contributed by atoms with Crippen LogP contribution in [-0.2, 0) is 11.3 Å². The highest BCUT2D eigenvalue weighted by Crippen LogP contribution is 2.29. The number of aromatic nitrogens is 3. The van der Waals surface area contributed by atoms with Gasteiger partial charge in [0.1, 0.15) is 11.9 Å². The van der Waals surface area contributed by atoms with E-state index in [0.29, 0.717) is 5.92 Å². The fourth-order valence-corrected chi connectivity index (χ4v) is 4.12. The molecule has 3 heterocycles. The van der Waals surface area contributed by atoms with Crippen molar-refractivity contribution >= 4 is 5.91 Å². The van der Waals surface area contributed by atoms with E-state index in [1.807, 2.05) is 79.2 Å². The number of nitrogens with one attached hydrogen (secondary N) is 1. The average molecular weight is 390 g/mol. The lowest BCUT2D eigenvalue weighted by Crippen LogP contribution is -2.44. The maximum atomic E-state index is 13.1. The van der Waals surface area contributed by atoms with Gasteiger partial charge in [-0.05, 0) is 43.1 Å². The third-order valence-electron chi connectivity index (χ3n) is 5.69. The lowest BCUT2D eigenvalue weighted by molar-refractivity contribution is -0.134. The molecule has 150 valence electrons. The van der Waals surface area contributed by atoms with Crippen molar-refractivity contribution in [2.45, 2.75) is 31.3 Å². The Morgan fingerprint density at radius 2 is 1.83 bits per heavy atom. The number of piperidine rings is 1. The minimum atomic E-state index is -0.290. The van der Waals surface area contributed by atoms with Gasteiger partial charge in [0, 0.05) is 50.3 Å². The Bertz CT molecular complexity index is 917. The summed E-state index contributed by atoms with van der Waals surface area (Å²) in [7, 11) is 1.85. The lowest BCUT2D eigenvalue weighted by atomic mass is 9.94.